The van der Waals surface area contributed by atoms with Gasteiger partial charge in [0.2, 0.25) is 11.8 Å². The molecule has 0 spiro atoms. The van der Waals surface area contributed by atoms with Crippen LogP contribution in [0.4, 0.5) is 0 Å². The predicted molar refractivity (Wildman–Crippen MR) is 154 cm³/mol. The second-order valence-corrected chi connectivity index (χ2v) is 9.91. The van der Waals surface area contributed by atoms with Crippen LogP contribution in [0.15, 0.2) is 73.2 Å². The quantitative estimate of drug-likeness (QED) is 0.204. The van der Waals surface area contributed by atoms with Gasteiger partial charge < -0.3 is 15.6 Å². The van der Waals surface area contributed by atoms with Gasteiger partial charge in [0.15, 0.2) is 0 Å². The van der Waals surface area contributed by atoms with Crippen molar-refractivity contribution in [2.75, 3.05) is 7.05 Å². The van der Waals surface area contributed by atoms with Crippen LogP contribution in [-0.2, 0) is 23.2 Å². The van der Waals surface area contributed by atoms with Crippen molar-refractivity contribution in [2.45, 2.75) is 44.7 Å². The molecular weight excluding hydrogens is 504 g/mol. The topological polar surface area (TPSA) is 123 Å². The fourth-order valence-electron chi connectivity index (χ4n) is 4.75. The number of aromatic amines is 1. The number of rotatable bonds is 12. The van der Waals surface area contributed by atoms with E-state index in [9.17, 15) is 9.59 Å². The average Bonchev–Trinajstić information content (AvgIpc) is 3.71. The number of H-pyrrole nitrogens is 1. The maximum atomic E-state index is 13.1. The van der Waals surface area contributed by atoms with Crippen LogP contribution in [0.2, 0.25) is 0 Å². The van der Waals surface area contributed by atoms with Crippen LogP contribution >= 0.6 is 0 Å². The summed E-state index contributed by atoms with van der Waals surface area (Å²) in [4.78, 5) is 32.7. The van der Waals surface area contributed by atoms with Crippen molar-refractivity contribution in [1.82, 2.24) is 40.2 Å². The number of hydrogen-bond donors (Lipinski definition) is 3. The molecule has 3 heterocycles. The summed E-state index contributed by atoms with van der Waals surface area (Å²) in [7, 11) is 3.55. The Balaban J connectivity index is 1.27. The number of amides is 2. The van der Waals surface area contributed by atoms with Gasteiger partial charge in [0.05, 0.1) is 29.1 Å². The predicted octanol–water partition coefficient (Wildman–Crippen LogP) is 4.38. The van der Waals surface area contributed by atoms with E-state index in [1.54, 1.807) is 22.6 Å². The van der Waals surface area contributed by atoms with Crippen molar-refractivity contribution < 1.29 is 9.59 Å². The normalized spacial score (nSPS) is 11.9. The minimum Gasteiger partial charge on any atom is -0.359 e. The molecule has 0 aliphatic heterocycles. The van der Waals surface area contributed by atoms with Gasteiger partial charge in [-0.25, -0.2) is 4.98 Å². The molecule has 5 rings (SSSR count). The molecule has 0 aliphatic rings. The maximum absolute atomic E-state index is 13.1. The van der Waals surface area contributed by atoms with Gasteiger partial charge >= 0.3 is 0 Å². The first-order chi connectivity index (χ1) is 19.5. The number of fused-ring (bicyclic) bond motifs is 1. The minimum absolute atomic E-state index is 0.0428. The monoisotopic (exact) mass is 538 g/mol. The van der Waals surface area contributed by atoms with Crippen LogP contribution in [0.3, 0.4) is 0 Å². The molecule has 2 aromatic carbocycles. The molecule has 2 amide bonds. The number of nitrogens with zero attached hydrogens (tertiary/aromatic N) is 5. The van der Waals surface area contributed by atoms with Gasteiger partial charge in [-0.05, 0) is 30.5 Å². The molecule has 1 atom stereocenters. The van der Waals surface area contributed by atoms with Crippen molar-refractivity contribution in [3.8, 4) is 22.5 Å². The van der Waals surface area contributed by atoms with Gasteiger partial charge in [-0.2, -0.15) is 10.2 Å². The summed E-state index contributed by atoms with van der Waals surface area (Å²) in [5, 5.41) is 15.8. The van der Waals surface area contributed by atoms with Crippen LogP contribution in [0.25, 0.3) is 33.4 Å². The summed E-state index contributed by atoms with van der Waals surface area (Å²) < 4.78 is 3.45. The molecule has 0 bridgehead atoms. The van der Waals surface area contributed by atoms with Crippen molar-refractivity contribution in [1.29, 1.82) is 0 Å². The van der Waals surface area contributed by atoms with Gasteiger partial charge in [0, 0.05) is 43.9 Å². The first-order valence-electron chi connectivity index (χ1n) is 13.6. The van der Waals surface area contributed by atoms with Gasteiger partial charge in [-0.3, -0.25) is 19.0 Å². The van der Waals surface area contributed by atoms with E-state index in [0.29, 0.717) is 18.7 Å². The fourth-order valence-corrected chi connectivity index (χ4v) is 4.75. The zero-order chi connectivity index (χ0) is 27.9. The maximum Gasteiger partial charge on any atom is 0.242 e. The summed E-state index contributed by atoms with van der Waals surface area (Å²) in [6.45, 7) is 0.115. The lowest BCUT2D eigenvalue weighted by Gasteiger charge is -2.17. The summed E-state index contributed by atoms with van der Waals surface area (Å²) >= 11 is 0. The second kappa shape index (κ2) is 12.4. The van der Waals surface area contributed by atoms with Crippen LogP contribution < -0.4 is 10.6 Å². The molecule has 0 fully saturated rings. The van der Waals surface area contributed by atoms with E-state index in [1.807, 2.05) is 74.0 Å². The molecule has 0 saturated heterocycles. The summed E-state index contributed by atoms with van der Waals surface area (Å²) in [6.07, 6.45) is 9.33. The van der Waals surface area contributed by atoms with Gasteiger partial charge in [-0.1, -0.05) is 55.3 Å². The number of nitrogens with one attached hydrogen (secondary N) is 3. The SMILES string of the molecule is CNC(=O)CCCCCC(NC(=O)Cn1cc2ccccc2n1)c1ncc(-c2ccc(-c3ccn(C)n3)cc2)[nH]1. The molecule has 0 aliphatic carbocycles. The average molecular weight is 539 g/mol. The summed E-state index contributed by atoms with van der Waals surface area (Å²) in [5.41, 5.74) is 4.69. The third-order valence-corrected chi connectivity index (χ3v) is 6.91. The number of carbonyl (C=O) groups excluding carboxylic acids is 2. The third-order valence-electron chi connectivity index (χ3n) is 6.91. The van der Waals surface area contributed by atoms with Gasteiger partial charge in [0.1, 0.15) is 12.4 Å². The standard InChI is InChI=1S/C30H34N8O2/c1-31-28(39)11-5-3-4-10-26(33-29(40)20-38-19-23-8-6-7-9-24(23)36-38)30-32-18-27(34-30)22-14-12-21(13-15-22)25-16-17-37(2)35-25/h6-9,12-19,26H,3-5,10-11,20H2,1-2H3,(H,31,39)(H,32,34)(H,33,40). The minimum atomic E-state index is -0.293. The Hall–Kier alpha value is -4.73. The molecular formula is C30H34N8O2. The lowest BCUT2D eigenvalue weighted by Crippen LogP contribution is -2.32. The number of aryl methyl sites for hydroxylation is 1. The van der Waals surface area contributed by atoms with Crippen LogP contribution in [0.1, 0.15) is 44.0 Å². The van der Waals surface area contributed by atoms with Crippen molar-refractivity contribution in [2.24, 2.45) is 7.05 Å². The highest BCUT2D eigenvalue weighted by atomic mass is 16.2. The van der Waals surface area contributed by atoms with E-state index in [2.05, 4.69) is 30.8 Å². The highest BCUT2D eigenvalue weighted by Gasteiger charge is 2.19. The number of aromatic nitrogens is 6. The molecule has 3 N–H and O–H groups in total. The van der Waals surface area contributed by atoms with E-state index in [0.717, 1.165) is 52.7 Å². The Kier molecular flexibility index (Phi) is 8.34. The van der Waals surface area contributed by atoms with Crippen molar-refractivity contribution in [3.05, 3.63) is 79.0 Å². The third kappa shape index (κ3) is 6.63. The molecule has 3 aromatic heterocycles. The molecule has 1 unspecified atom stereocenters. The lowest BCUT2D eigenvalue weighted by molar-refractivity contribution is -0.122. The van der Waals surface area contributed by atoms with Crippen molar-refractivity contribution in [3.63, 3.8) is 0 Å². The Morgan fingerprint density at radius 1 is 0.950 bits per heavy atom. The molecule has 10 nitrogen and oxygen atoms in total. The number of hydrogen-bond acceptors (Lipinski definition) is 5. The zero-order valence-electron chi connectivity index (χ0n) is 22.8. The largest absolute Gasteiger partial charge is 0.359 e. The molecule has 206 valence electrons. The highest BCUT2D eigenvalue weighted by Crippen LogP contribution is 2.25. The summed E-state index contributed by atoms with van der Waals surface area (Å²) in [6, 6.07) is 17.6. The fraction of sp³-hybridized carbons (Fsp3) is 0.300. The smallest absolute Gasteiger partial charge is 0.242 e. The molecule has 40 heavy (non-hydrogen) atoms. The van der Waals surface area contributed by atoms with E-state index < -0.39 is 0 Å². The lowest BCUT2D eigenvalue weighted by atomic mass is 10.1. The zero-order valence-corrected chi connectivity index (χ0v) is 22.8. The van der Waals surface area contributed by atoms with Gasteiger partial charge in [0.25, 0.3) is 0 Å². The molecule has 5 aromatic rings. The molecule has 10 heteroatoms. The first kappa shape index (κ1) is 26.9. The summed E-state index contributed by atoms with van der Waals surface area (Å²) in [5.74, 6) is 0.608. The van der Waals surface area contributed by atoms with E-state index in [-0.39, 0.29) is 24.4 Å². The number of benzene rings is 2. The van der Waals surface area contributed by atoms with Crippen LogP contribution in [0, 0.1) is 0 Å². The number of unbranched alkanes of at least 4 members (excludes halogenated alkanes) is 2. The van der Waals surface area contributed by atoms with Crippen LogP contribution in [-0.4, -0.2) is 48.4 Å². The Morgan fingerprint density at radius 2 is 1.75 bits per heavy atom. The van der Waals surface area contributed by atoms with E-state index >= 15 is 0 Å². The molecule has 0 saturated carbocycles. The number of carbonyl (C=O) groups is 2. The Labute approximate surface area is 232 Å². The van der Waals surface area contributed by atoms with Crippen LogP contribution in [0.5, 0.6) is 0 Å². The van der Waals surface area contributed by atoms with Gasteiger partial charge in [-0.15, -0.1) is 0 Å². The molecule has 0 radical (unpaired) electrons. The first-order valence-corrected chi connectivity index (χ1v) is 13.6. The number of imidazole rings is 1. The Morgan fingerprint density at radius 3 is 2.50 bits per heavy atom. The second-order valence-electron chi connectivity index (χ2n) is 9.91. The van der Waals surface area contributed by atoms with E-state index in [1.165, 1.54) is 0 Å². The van der Waals surface area contributed by atoms with Crippen molar-refractivity contribution >= 4 is 22.7 Å². The Bertz CT molecular complexity index is 1550. The highest BCUT2D eigenvalue weighted by molar-refractivity contribution is 5.80. The van der Waals surface area contributed by atoms with E-state index in [4.69, 9.17) is 0 Å².